The summed E-state index contributed by atoms with van der Waals surface area (Å²) in [5.74, 6) is 0.600. The molecule has 0 saturated heterocycles. The molecule has 0 bridgehead atoms. The summed E-state index contributed by atoms with van der Waals surface area (Å²) in [5, 5.41) is 15.9. The highest BCUT2D eigenvalue weighted by Crippen LogP contribution is 2.22. The summed E-state index contributed by atoms with van der Waals surface area (Å²) in [6.07, 6.45) is 0. The fourth-order valence-corrected chi connectivity index (χ4v) is 3.43. The normalized spacial score (nSPS) is 10.4. The summed E-state index contributed by atoms with van der Waals surface area (Å²) in [7, 11) is 0. The third-order valence-electron chi connectivity index (χ3n) is 4.00. The number of para-hydroxylation sites is 2. The van der Waals surface area contributed by atoms with Crippen molar-refractivity contribution in [2.75, 3.05) is 16.4 Å². The van der Waals surface area contributed by atoms with Crippen molar-refractivity contribution in [2.45, 2.75) is 5.75 Å². The van der Waals surface area contributed by atoms with Crippen molar-refractivity contribution in [3.63, 3.8) is 0 Å². The van der Waals surface area contributed by atoms with Gasteiger partial charge in [0.15, 0.2) is 0 Å². The van der Waals surface area contributed by atoms with Crippen LogP contribution in [-0.2, 0) is 10.5 Å². The first-order valence-corrected chi connectivity index (χ1v) is 10.4. The number of phenols is 1. The van der Waals surface area contributed by atoms with Crippen LogP contribution in [0.3, 0.4) is 0 Å². The minimum atomic E-state index is -0.298. The molecular formula is C22H19ClN2O3S. The zero-order valence-electron chi connectivity index (χ0n) is 15.4. The molecule has 0 saturated carbocycles. The smallest absolute Gasteiger partial charge is 0.255 e. The van der Waals surface area contributed by atoms with E-state index in [0.29, 0.717) is 33.5 Å². The van der Waals surface area contributed by atoms with Gasteiger partial charge in [-0.25, -0.2) is 0 Å². The van der Waals surface area contributed by atoms with Gasteiger partial charge in [0.05, 0.1) is 11.4 Å². The van der Waals surface area contributed by atoms with Gasteiger partial charge in [-0.15, -0.1) is 11.8 Å². The van der Waals surface area contributed by atoms with Gasteiger partial charge in [-0.2, -0.15) is 0 Å². The Kier molecular flexibility index (Phi) is 7.16. The van der Waals surface area contributed by atoms with Crippen LogP contribution >= 0.6 is 23.4 Å². The fraction of sp³-hybridized carbons (Fsp3) is 0.0909. The first-order chi connectivity index (χ1) is 14.0. The number of carbonyl (C=O) groups is 2. The van der Waals surface area contributed by atoms with Gasteiger partial charge in [-0.3, -0.25) is 9.59 Å². The van der Waals surface area contributed by atoms with E-state index < -0.39 is 0 Å². The molecule has 0 fully saturated rings. The van der Waals surface area contributed by atoms with Gasteiger partial charge in [0, 0.05) is 22.0 Å². The second-order valence-corrected chi connectivity index (χ2v) is 7.64. The summed E-state index contributed by atoms with van der Waals surface area (Å²) in [5.41, 5.74) is 2.57. The van der Waals surface area contributed by atoms with Gasteiger partial charge in [0.25, 0.3) is 5.91 Å². The molecule has 0 spiro atoms. The molecule has 0 aliphatic heterocycles. The largest absolute Gasteiger partial charge is 0.506 e. The van der Waals surface area contributed by atoms with Crippen LogP contribution < -0.4 is 10.6 Å². The van der Waals surface area contributed by atoms with Crippen molar-refractivity contribution >= 4 is 46.6 Å². The molecule has 0 atom stereocenters. The summed E-state index contributed by atoms with van der Waals surface area (Å²) in [6, 6.07) is 20.7. The maximum absolute atomic E-state index is 12.3. The fourth-order valence-electron chi connectivity index (χ4n) is 2.52. The van der Waals surface area contributed by atoms with Crippen LogP contribution in [0.2, 0.25) is 5.02 Å². The molecule has 3 N–H and O–H groups in total. The van der Waals surface area contributed by atoms with Crippen molar-refractivity contribution in [3.05, 3.63) is 88.9 Å². The summed E-state index contributed by atoms with van der Waals surface area (Å²) >= 11 is 7.31. The van der Waals surface area contributed by atoms with E-state index in [1.807, 2.05) is 12.1 Å². The minimum Gasteiger partial charge on any atom is -0.506 e. The molecule has 0 aliphatic carbocycles. The van der Waals surface area contributed by atoms with Crippen LogP contribution in [0, 0.1) is 0 Å². The zero-order chi connectivity index (χ0) is 20.6. The first kappa shape index (κ1) is 20.8. The molecule has 3 aromatic carbocycles. The predicted octanol–water partition coefficient (Wildman–Crippen LogP) is 5.17. The van der Waals surface area contributed by atoms with Crippen LogP contribution in [0.25, 0.3) is 0 Å². The van der Waals surface area contributed by atoms with Crippen LogP contribution in [0.4, 0.5) is 11.4 Å². The molecule has 0 aliphatic rings. The van der Waals surface area contributed by atoms with E-state index >= 15 is 0 Å². The van der Waals surface area contributed by atoms with Crippen LogP contribution in [-0.4, -0.2) is 22.7 Å². The number of halogens is 1. The third-order valence-corrected chi connectivity index (χ3v) is 5.25. The molecule has 148 valence electrons. The lowest BCUT2D eigenvalue weighted by Crippen LogP contribution is -2.14. The quantitative estimate of drug-likeness (QED) is 0.455. The van der Waals surface area contributed by atoms with E-state index in [1.165, 1.54) is 17.8 Å². The SMILES string of the molecule is O=C(CSCc1ccc(C(=O)Nc2ccccc2O)cc1)Nc1ccc(Cl)cc1. The zero-order valence-corrected chi connectivity index (χ0v) is 17.0. The Balaban J connectivity index is 1.46. The molecule has 0 aromatic heterocycles. The highest BCUT2D eigenvalue weighted by molar-refractivity contribution is 7.99. The monoisotopic (exact) mass is 426 g/mol. The Hall–Kier alpha value is -2.96. The third kappa shape index (κ3) is 6.27. The maximum Gasteiger partial charge on any atom is 0.255 e. The van der Waals surface area contributed by atoms with E-state index in [9.17, 15) is 14.7 Å². The first-order valence-electron chi connectivity index (χ1n) is 8.83. The number of hydrogen-bond donors (Lipinski definition) is 3. The van der Waals surface area contributed by atoms with Gasteiger partial charge in [0.1, 0.15) is 5.75 Å². The van der Waals surface area contributed by atoms with Crippen molar-refractivity contribution in [1.82, 2.24) is 0 Å². The standard InChI is InChI=1S/C22H19ClN2O3S/c23-17-9-11-18(12-10-17)24-21(27)14-29-13-15-5-7-16(8-6-15)22(28)25-19-3-1-2-4-20(19)26/h1-12,26H,13-14H2,(H,24,27)(H,25,28). The van der Waals surface area contributed by atoms with E-state index in [-0.39, 0.29) is 17.6 Å². The van der Waals surface area contributed by atoms with Crippen LogP contribution in [0.1, 0.15) is 15.9 Å². The van der Waals surface area contributed by atoms with E-state index in [0.717, 1.165) is 5.56 Å². The summed E-state index contributed by atoms with van der Waals surface area (Å²) in [6.45, 7) is 0. The highest BCUT2D eigenvalue weighted by atomic mass is 35.5. The van der Waals surface area contributed by atoms with E-state index in [4.69, 9.17) is 11.6 Å². The molecule has 7 heteroatoms. The number of benzene rings is 3. The van der Waals surface area contributed by atoms with Crippen molar-refractivity contribution in [3.8, 4) is 5.75 Å². The molecule has 2 amide bonds. The maximum atomic E-state index is 12.3. The average Bonchev–Trinajstić information content (AvgIpc) is 2.72. The van der Waals surface area contributed by atoms with Crippen LogP contribution in [0.5, 0.6) is 5.75 Å². The lowest BCUT2D eigenvalue weighted by molar-refractivity contribution is -0.113. The summed E-state index contributed by atoms with van der Waals surface area (Å²) < 4.78 is 0. The molecule has 0 radical (unpaired) electrons. The average molecular weight is 427 g/mol. The molecule has 3 aromatic rings. The molecule has 29 heavy (non-hydrogen) atoms. The molecule has 0 unspecified atom stereocenters. The highest BCUT2D eigenvalue weighted by Gasteiger charge is 2.09. The molecular weight excluding hydrogens is 408 g/mol. The van der Waals surface area contributed by atoms with Gasteiger partial charge < -0.3 is 15.7 Å². The number of carbonyl (C=O) groups excluding carboxylic acids is 2. The molecule has 0 heterocycles. The number of anilines is 2. The van der Waals surface area contributed by atoms with Gasteiger partial charge in [0.2, 0.25) is 5.91 Å². The van der Waals surface area contributed by atoms with Gasteiger partial charge in [-0.1, -0.05) is 35.9 Å². The minimum absolute atomic E-state index is 0.0192. The van der Waals surface area contributed by atoms with Crippen LogP contribution in [0.15, 0.2) is 72.8 Å². The Morgan fingerprint density at radius 3 is 2.28 bits per heavy atom. The predicted molar refractivity (Wildman–Crippen MR) is 119 cm³/mol. The Bertz CT molecular complexity index is 992. The van der Waals surface area contributed by atoms with Gasteiger partial charge >= 0.3 is 0 Å². The second kappa shape index (κ2) is 10.0. The Morgan fingerprint density at radius 1 is 0.897 bits per heavy atom. The van der Waals surface area contributed by atoms with E-state index in [2.05, 4.69) is 10.6 Å². The van der Waals surface area contributed by atoms with Crippen molar-refractivity contribution in [1.29, 1.82) is 0 Å². The Labute approximate surface area is 178 Å². The van der Waals surface area contributed by atoms with Gasteiger partial charge in [-0.05, 0) is 54.1 Å². The van der Waals surface area contributed by atoms with Crippen molar-refractivity contribution in [2.24, 2.45) is 0 Å². The summed E-state index contributed by atoms with van der Waals surface area (Å²) in [4.78, 5) is 24.3. The number of rotatable bonds is 7. The number of amides is 2. The lowest BCUT2D eigenvalue weighted by Gasteiger charge is -2.08. The number of nitrogens with one attached hydrogen (secondary N) is 2. The number of thioether (sulfide) groups is 1. The number of phenolic OH excluding ortho intramolecular Hbond substituents is 1. The molecule has 5 nitrogen and oxygen atoms in total. The molecule has 3 rings (SSSR count). The van der Waals surface area contributed by atoms with Crippen molar-refractivity contribution < 1.29 is 14.7 Å². The Morgan fingerprint density at radius 2 is 1.59 bits per heavy atom. The number of hydrogen-bond acceptors (Lipinski definition) is 4. The second-order valence-electron chi connectivity index (χ2n) is 6.22. The number of aromatic hydroxyl groups is 1. The lowest BCUT2D eigenvalue weighted by atomic mass is 10.1. The van der Waals surface area contributed by atoms with E-state index in [1.54, 1.807) is 54.6 Å². The topological polar surface area (TPSA) is 78.4 Å².